The molecule has 1 atom stereocenters. The van der Waals surface area contributed by atoms with Crippen LogP contribution < -0.4 is 5.32 Å². The third-order valence-electron chi connectivity index (χ3n) is 3.07. The Bertz CT molecular complexity index is 723. The molecular formula is C12H13ClN6S. The normalized spacial score (nSPS) is 12.8. The van der Waals surface area contributed by atoms with Crippen molar-refractivity contribution in [2.24, 2.45) is 0 Å². The lowest BCUT2D eigenvalue weighted by Gasteiger charge is -2.18. The minimum absolute atomic E-state index is 0.111. The molecule has 0 amide bonds. The molecule has 0 bridgehead atoms. The number of thiazole rings is 1. The van der Waals surface area contributed by atoms with E-state index < -0.39 is 0 Å². The predicted octanol–water partition coefficient (Wildman–Crippen LogP) is 3.11. The first-order chi connectivity index (χ1) is 9.70. The summed E-state index contributed by atoms with van der Waals surface area (Å²) < 4.78 is 1.66. The predicted molar refractivity (Wildman–Crippen MR) is 79.3 cm³/mol. The van der Waals surface area contributed by atoms with Crippen LogP contribution in [0, 0.1) is 6.92 Å². The van der Waals surface area contributed by atoms with Crippen LogP contribution in [0.2, 0.25) is 5.15 Å². The number of aromatic nitrogens is 5. The van der Waals surface area contributed by atoms with Crippen molar-refractivity contribution in [2.75, 3.05) is 5.32 Å². The molecule has 0 aromatic carbocycles. The first-order valence-corrected chi connectivity index (χ1v) is 7.48. The molecule has 6 nitrogen and oxygen atoms in total. The second-order valence-electron chi connectivity index (χ2n) is 4.32. The Balaban J connectivity index is 2.05. The lowest BCUT2D eigenvalue weighted by atomic mass is 10.2. The Morgan fingerprint density at radius 2 is 2.30 bits per heavy atom. The maximum atomic E-state index is 6.16. The minimum Gasteiger partial charge on any atom is -0.360 e. The molecule has 1 N–H and O–H groups in total. The second kappa shape index (κ2) is 5.34. The van der Waals surface area contributed by atoms with Gasteiger partial charge >= 0.3 is 0 Å². The van der Waals surface area contributed by atoms with Gasteiger partial charge < -0.3 is 5.32 Å². The van der Waals surface area contributed by atoms with E-state index >= 15 is 0 Å². The fraction of sp³-hybridized carbons (Fsp3) is 0.333. The van der Waals surface area contributed by atoms with Crippen molar-refractivity contribution in [3.8, 4) is 0 Å². The Hall–Kier alpha value is -1.73. The van der Waals surface area contributed by atoms with Crippen molar-refractivity contribution in [1.82, 2.24) is 24.6 Å². The summed E-state index contributed by atoms with van der Waals surface area (Å²) in [6, 6.07) is 0.111. The van der Waals surface area contributed by atoms with Crippen LogP contribution in [-0.4, -0.2) is 24.6 Å². The molecule has 0 fully saturated rings. The zero-order valence-corrected chi connectivity index (χ0v) is 12.6. The van der Waals surface area contributed by atoms with Crippen LogP contribution in [0.3, 0.4) is 0 Å². The summed E-state index contributed by atoms with van der Waals surface area (Å²) in [5, 5.41) is 11.1. The van der Waals surface area contributed by atoms with E-state index in [2.05, 4.69) is 32.3 Å². The molecule has 3 aromatic heterocycles. The molecular weight excluding hydrogens is 296 g/mol. The smallest absolute Gasteiger partial charge is 0.255 e. The van der Waals surface area contributed by atoms with Gasteiger partial charge in [0.25, 0.3) is 5.78 Å². The SMILES string of the molecule is CCC(Nc1c(C)c(Cl)nc2ncnn12)c1nccs1. The van der Waals surface area contributed by atoms with Gasteiger partial charge in [0.1, 0.15) is 22.3 Å². The van der Waals surface area contributed by atoms with Gasteiger partial charge in [-0.25, -0.2) is 4.98 Å². The van der Waals surface area contributed by atoms with Gasteiger partial charge in [-0.15, -0.1) is 11.3 Å². The van der Waals surface area contributed by atoms with Crippen LogP contribution in [0.1, 0.15) is 30.0 Å². The fourth-order valence-electron chi connectivity index (χ4n) is 1.98. The quantitative estimate of drug-likeness (QED) is 0.750. The topological polar surface area (TPSA) is 68.0 Å². The lowest BCUT2D eigenvalue weighted by Crippen LogP contribution is -2.14. The summed E-state index contributed by atoms with van der Waals surface area (Å²) in [6.45, 7) is 4.02. The van der Waals surface area contributed by atoms with E-state index in [1.807, 2.05) is 18.5 Å². The molecule has 0 spiro atoms. The van der Waals surface area contributed by atoms with E-state index in [1.54, 1.807) is 15.9 Å². The first-order valence-electron chi connectivity index (χ1n) is 6.22. The number of rotatable bonds is 4. The molecule has 3 rings (SSSR count). The molecule has 0 radical (unpaired) electrons. The van der Waals surface area contributed by atoms with Crippen molar-refractivity contribution in [2.45, 2.75) is 26.3 Å². The highest BCUT2D eigenvalue weighted by molar-refractivity contribution is 7.09. The highest BCUT2D eigenvalue weighted by atomic mass is 35.5. The van der Waals surface area contributed by atoms with E-state index in [1.165, 1.54) is 6.33 Å². The van der Waals surface area contributed by atoms with Crippen LogP contribution in [0.25, 0.3) is 5.78 Å². The molecule has 0 aliphatic carbocycles. The zero-order chi connectivity index (χ0) is 14.1. The average Bonchev–Trinajstić information content (AvgIpc) is 3.10. The van der Waals surface area contributed by atoms with Gasteiger partial charge in [0.05, 0.1) is 6.04 Å². The first kappa shape index (κ1) is 13.3. The van der Waals surface area contributed by atoms with Gasteiger partial charge in [-0.05, 0) is 13.3 Å². The molecule has 3 aromatic rings. The fourth-order valence-corrected chi connectivity index (χ4v) is 2.91. The molecule has 0 aliphatic heterocycles. The van der Waals surface area contributed by atoms with Crippen LogP contribution >= 0.6 is 22.9 Å². The van der Waals surface area contributed by atoms with E-state index in [-0.39, 0.29) is 6.04 Å². The van der Waals surface area contributed by atoms with E-state index in [9.17, 15) is 0 Å². The third kappa shape index (κ3) is 2.23. The summed E-state index contributed by atoms with van der Waals surface area (Å²) >= 11 is 7.78. The standard InChI is InChI=1S/C12H13ClN6S/c1-3-8(11-14-4-5-20-11)17-10-7(2)9(13)18-12-15-6-16-19(10)12/h4-6,8,17H,3H2,1-2H3. The van der Waals surface area contributed by atoms with Crippen LogP contribution in [0.4, 0.5) is 5.82 Å². The van der Waals surface area contributed by atoms with Gasteiger partial charge in [0.15, 0.2) is 0 Å². The number of fused-ring (bicyclic) bond motifs is 1. The number of halogens is 1. The van der Waals surface area contributed by atoms with Gasteiger partial charge in [0.2, 0.25) is 0 Å². The van der Waals surface area contributed by atoms with Crippen molar-refractivity contribution in [3.63, 3.8) is 0 Å². The number of nitrogens with zero attached hydrogens (tertiary/aromatic N) is 5. The summed E-state index contributed by atoms with van der Waals surface area (Å²) in [5.74, 6) is 1.29. The third-order valence-corrected chi connectivity index (χ3v) is 4.33. The number of hydrogen-bond donors (Lipinski definition) is 1. The Morgan fingerprint density at radius 3 is 3.00 bits per heavy atom. The summed E-state index contributed by atoms with van der Waals surface area (Å²) in [6.07, 6.45) is 4.18. The molecule has 0 aliphatic rings. The van der Waals surface area contributed by atoms with Crippen molar-refractivity contribution < 1.29 is 0 Å². The summed E-state index contributed by atoms with van der Waals surface area (Å²) in [7, 11) is 0. The summed E-state index contributed by atoms with van der Waals surface area (Å²) in [5.41, 5.74) is 0.847. The van der Waals surface area contributed by atoms with E-state index in [4.69, 9.17) is 11.6 Å². The average molecular weight is 309 g/mol. The van der Waals surface area contributed by atoms with Gasteiger partial charge in [-0.3, -0.25) is 0 Å². The minimum atomic E-state index is 0.111. The monoisotopic (exact) mass is 308 g/mol. The maximum absolute atomic E-state index is 6.16. The zero-order valence-electron chi connectivity index (χ0n) is 11.0. The van der Waals surface area contributed by atoms with Gasteiger partial charge in [-0.2, -0.15) is 19.6 Å². The molecule has 3 heterocycles. The van der Waals surface area contributed by atoms with Crippen LogP contribution in [0.5, 0.6) is 0 Å². The molecule has 8 heteroatoms. The molecule has 1 unspecified atom stereocenters. The highest BCUT2D eigenvalue weighted by Crippen LogP contribution is 2.28. The van der Waals surface area contributed by atoms with Crippen molar-refractivity contribution in [1.29, 1.82) is 0 Å². The van der Waals surface area contributed by atoms with Crippen LogP contribution in [0.15, 0.2) is 17.9 Å². The second-order valence-corrected chi connectivity index (χ2v) is 5.61. The number of nitrogens with one attached hydrogen (secondary N) is 1. The number of anilines is 1. The highest BCUT2D eigenvalue weighted by Gasteiger charge is 2.18. The molecule has 0 saturated heterocycles. The Labute approximate surface area is 124 Å². The van der Waals surface area contributed by atoms with E-state index in [0.29, 0.717) is 10.9 Å². The van der Waals surface area contributed by atoms with E-state index in [0.717, 1.165) is 22.8 Å². The molecule has 20 heavy (non-hydrogen) atoms. The van der Waals surface area contributed by atoms with Crippen LogP contribution in [-0.2, 0) is 0 Å². The largest absolute Gasteiger partial charge is 0.360 e. The molecule has 104 valence electrons. The van der Waals surface area contributed by atoms with Gasteiger partial charge in [0, 0.05) is 17.1 Å². The number of hydrogen-bond acceptors (Lipinski definition) is 6. The molecule has 0 saturated carbocycles. The summed E-state index contributed by atoms with van der Waals surface area (Å²) in [4.78, 5) is 12.6. The maximum Gasteiger partial charge on any atom is 0.255 e. The Kier molecular flexibility index (Phi) is 3.54. The van der Waals surface area contributed by atoms with Crippen molar-refractivity contribution in [3.05, 3.63) is 33.6 Å². The lowest BCUT2D eigenvalue weighted by molar-refractivity contribution is 0.726. The van der Waals surface area contributed by atoms with Crippen molar-refractivity contribution >= 4 is 34.5 Å². The van der Waals surface area contributed by atoms with Gasteiger partial charge in [-0.1, -0.05) is 18.5 Å². The Morgan fingerprint density at radius 1 is 1.45 bits per heavy atom.